The van der Waals surface area contributed by atoms with Gasteiger partial charge in [0.05, 0.1) is 12.8 Å². The molecule has 0 aromatic heterocycles. The average molecular weight is 262 g/mol. The summed E-state index contributed by atoms with van der Waals surface area (Å²) >= 11 is 5.78. The molecule has 0 saturated carbocycles. The van der Waals surface area contributed by atoms with Gasteiger partial charge in [0.25, 0.3) is 0 Å². The second kappa shape index (κ2) is 5.10. The topological polar surface area (TPSA) is 52.3 Å². The molecule has 0 atom stereocenters. The Morgan fingerprint density at radius 3 is 2.33 bits per heavy atom. The van der Waals surface area contributed by atoms with Gasteiger partial charge in [0.15, 0.2) is 5.78 Å². The van der Waals surface area contributed by atoms with Crippen molar-refractivity contribution in [3.63, 3.8) is 0 Å². The van der Waals surface area contributed by atoms with E-state index < -0.39 is 0 Å². The molecule has 18 heavy (non-hydrogen) atoms. The van der Waals surface area contributed by atoms with Gasteiger partial charge >= 0.3 is 0 Å². The molecule has 3 nitrogen and oxygen atoms in total. The number of hydrogen-bond acceptors (Lipinski definition) is 3. The van der Waals surface area contributed by atoms with Gasteiger partial charge in [-0.2, -0.15) is 0 Å². The van der Waals surface area contributed by atoms with Gasteiger partial charge in [-0.25, -0.2) is 0 Å². The van der Waals surface area contributed by atoms with Gasteiger partial charge in [0, 0.05) is 16.1 Å². The zero-order valence-corrected chi connectivity index (χ0v) is 10.6. The van der Waals surface area contributed by atoms with Crippen LogP contribution in [0.3, 0.4) is 0 Å². The number of nitrogens with two attached hydrogens (primary N) is 1. The number of hydrogen-bond donors (Lipinski definition) is 1. The molecule has 2 N–H and O–H groups in total. The van der Waals surface area contributed by atoms with E-state index in [1.54, 1.807) is 42.5 Å². The lowest BCUT2D eigenvalue weighted by Gasteiger charge is -2.07. The van der Waals surface area contributed by atoms with E-state index in [0.717, 1.165) is 0 Å². The lowest BCUT2D eigenvalue weighted by atomic mass is 10.0. The van der Waals surface area contributed by atoms with Crippen LogP contribution in [0.2, 0.25) is 5.02 Å². The third-order valence-corrected chi connectivity index (χ3v) is 2.85. The fourth-order valence-corrected chi connectivity index (χ4v) is 1.75. The van der Waals surface area contributed by atoms with Crippen LogP contribution in [0.1, 0.15) is 15.9 Å². The van der Waals surface area contributed by atoms with Crippen LogP contribution in [0.4, 0.5) is 5.69 Å². The molecular formula is C14H12ClNO2. The number of carbonyl (C=O) groups excluding carboxylic acids is 1. The minimum atomic E-state index is -0.0926. The molecule has 0 heterocycles. The van der Waals surface area contributed by atoms with E-state index in [1.807, 2.05) is 0 Å². The molecular weight excluding hydrogens is 250 g/mol. The van der Waals surface area contributed by atoms with Crippen LogP contribution in [-0.4, -0.2) is 12.9 Å². The molecule has 0 aliphatic rings. The third-order valence-electron chi connectivity index (χ3n) is 2.60. The maximum Gasteiger partial charge on any atom is 0.193 e. The Hall–Kier alpha value is -2.00. The average Bonchev–Trinajstić information content (AvgIpc) is 2.39. The number of carbonyl (C=O) groups is 1. The van der Waals surface area contributed by atoms with Gasteiger partial charge in [0.1, 0.15) is 5.75 Å². The van der Waals surface area contributed by atoms with Crippen LogP contribution in [0.25, 0.3) is 0 Å². The van der Waals surface area contributed by atoms with Gasteiger partial charge in [0.2, 0.25) is 0 Å². The Labute approximate surface area is 110 Å². The van der Waals surface area contributed by atoms with Crippen LogP contribution in [0.15, 0.2) is 42.5 Å². The number of methoxy groups -OCH3 is 1. The highest BCUT2D eigenvalue weighted by Gasteiger charge is 2.11. The van der Waals surface area contributed by atoms with E-state index in [2.05, 4.69) is 0 Å². The number of halogens is 1. The molecule has 2 aromatic rings. The van der Waals surface area contributed by atoms with E-state index in [9.17, 15) is 4.79 Å². The van der Waals surface area contributed by atoms with E-state index in [-0.39, 0.29) is 5.78 Å². The van der Waals surface area contributed by atoms with E-state index in [1.165, 1.54) is 7.11 Å². The molecule has 0 spiro atoms. The number of nitrogen functional groups attached to an aromatic ring is 1. The second-order valence-electron chi connectivity index (χ2n) is 3.79. The highest BCUT2D eigenvalue weighted by molar-refractivity contribution is 6.30. The fourth-order valence-electron chi connectivity index (χ4n) is 1.62. The number of ether oxygens (including phenoxy) is 1. The predicted molar refractivity (Wildman–Crippen MR) is 72.3 cm³/mol. The van der Waals surface area contributed by atoms with Gasteiger partial charge in [-0.05, 0) is 42.5 Å². The number of benzene rings is 2. The molecule has 92 valence electrons. The number of rotatable bonds is 3. The minimum absolute atomic E-state index is 0.0926. The Morgan fingerprint density at radius 2 is 1.72 bits per heavy atom. The molecule has 0 fully saturated rings. The van der Waals surface area contributed by atoms with Crippen molar-refractivity contribution in [2.45, 2.75) is 0 Å². The van der Waals surface area contributed by atoms with Crippen LogP contribution in [0.5, 0.6) is 5.75 Å². The molecule has 2 rings (SSSR count). The zero-order valence-electron chi connectivity index (χ0n) is 9.81. The van der Waals surface area contributed by atoms with Crippen molar-refractivity contribution in [1.82, 2.24) is 0 Å². The first-order valence-electron chi connectivity index (χ1n) is 5.35. The van der Waals surface area contributed by atoms with Crippen molar-refractivity contribution in [2.24, 2.45) is 0 Å². The van der Waals surface area contributed by atoms with Crippen LogP contribution < -0.4 is 10.5 Å². The minimum Gasteiger partial charge on any atom is -0.495 e. The Kier molecular flexibility index (Phi) is 3.53. The Balaban J connectivity index is 2.37. The van der Waals surface area contributed by atoms with Crippen LogP contribution >= 0.6 is 11.6 Å². The molecule has 0 aliphatic carbocycles. The largest absolute Gasteiger partial charge is 0.495 e. The summed E-state index contributed by atoms with van der Waals surface area (Å²) in [7, 11) is 1.52. The third kappa shape index (κ3) is 2.46. The first kappa shape index (κ1) is 12.5. The number of ketones is 1. The molecule has 0 saturated heterocycles. The Bertz CT molecular complexity index is 579. The standard InChI is InChI=1S/C14H12ClNO2/c1-18-13-8-10(4-7-12(13)16)14(17)9-2-5-11(15)6-3-9/h2-8H,16H2,1H3. The fraction of sp³-hybridized carbons (Fsp3) is 0.0714. The maximum absolute atomic E-state index is 12.2. The lowest BCUT2D eigenvalue weighted by Crippen LogP contribution is -2.02. The maximum atomic E-state index is 12.2. The van der Waals surface area contributed by atoms with Gasteiger partial charge in [-0.15, -0.1) is 0 Å². The molecule has 4 heteroatoms. The predicted octanol–water partition coefficient (Wildman–Crippen LogP) is 3.16. The normalized spacial score (nSPS) is 10.1. The summed E-state index contributed by atoms with van der Waals surface area (Å²) in [5.74, 6) is 0.403. The smallest absolute Gasteiger partial charge is 0.193 e. The van der Waals surface area contributed by atoms with Crippen LogP contribution in [-0.2, 0) is 0 Å². The van der Waals surface area contributed by atoms with Crippen molar-refractivity contribution in [3.8, 4) is 5.75 Å². The quantitative estimate of drug-likeness (QED) is 0.682. The van der Waals surface area contributed by atoms with Crippen molar-refractivity contribution in [1.29, 1.82) is 0 Å². The summed E-state index contributed by atoms with van der Waals surface area (Å²) in [5.41, 5.74) is 7.32. The summed E-state index contributed by atoms with van der Waals surface area (Å²) in [6.45, 7) is 0. The van der Waals surface area contributed by atoms with Gasteiger partial charge < -0.3 is 10.5 Å². The molecule has 0 bridgehead atoms. The molecule has 0 amide bonds. The van der Waals surface area contributed by atoms with Crippen molar-refractivity contribution in [3.05, 3.63) is 58.6 Å². The van der Waals surface area contributed by atoms with Gasteiger partial charge in [-0.3, -0.25) is 4.79 Å². The van der Waals surface area contributed by atoms with E-state index in [4.69, 9.17) is 22.1 Å². The molecule has 0 radical (unpaired) electrons. The van der Waals surface area contributed by atoms with Crippen molar-refractivity contribution in [2.75, 3.05) is 12.8 Å². The molecule has 0 aliphatic heterocycles. The summed E-state index contributed by atoms with van der Waals surface area (Å²) < 4.78 is 5.09. The van der Waals surface area contributed by atoms with E-state index >= 15 is 0 Å². The number of anilines is 1. The second-order valence-corrected chi connectivity index (χ2v) is 4.23. The summed E-state index contributed by atoms with van der Waals surface area (Å²) in [6, 6.07) is 11.7. The first-order valence-corrected chi connectivity index (χ1v) is 5.73. The first-order chi connectivity index (χ1) is 8.61. The molecule has 0 unspecified atom stereocenters. The summed E-state index contributed by atoms with van der Waals surface area (Å²) in [5, 5.41) is 0.599. The van der Waals surface area contributed by atoms with E-state index in [0.29, 0.717) is 27.6 Å². The summed E-state index contributed by atoms with van der Waals surface area (Å²) in [4.78, 5) is 12.2. The van der Waals surface area contributed by atoms with Crippen molar-refractivity contribution >= 4 is 23.1 Å². The SMILES string of the molecule is COc1cc(C(=O)c2ccc(Cl)cc2)ccc1N. The summed E-state index contributed by atoms with van der Waals surface area (Å²) in [6.07, 6.45) is 0. The van der Waals surface area contributed by atoms with Crippen LogP contribution in [0, 0.1) is 0 Å². The zero-order chi connectivity index (χ0) is 13.1. The highest BCUT2D eigenvalue weighted by Crippen LogP contribution is 2.24. The molecule has 2 aromatic carbocycles. The Morgan fingerprint density at radius 1 is 1.11 bits per heavy atom. The highest BCUT2D eigenvalue weighted by atomic mass is 35.5. The van der Waals surface area contributed by atoms with Crippen molar-refractivity contribution < 1.29 is 9.53 Å². The van der Waals surface area contributed by atoms with Gasteiger partial charge in [-0.1, -0.05) is 11.6 Å². The monoisotopic (exact) mass is 261 g/mol. The lowest BCUT2D eigenvalue weighted by molar-refractivity contribution is 0.103.